The minimum absolute atomic E-state index is 0.0182. The van der Waals surface area contributed by atoms with E-state index in [1.165, 1.54) is 0 Å². The summed E-state index contributed by atoms with van der Waals surface area (Å²) in [6, 6.07) is 7.24. The first-order valence-corrected chi connectivity index (χ1v) is 7.74. The zero-order valence-electron chi connectivity index (χ0n) is 13.5. The van der Waals surface area contributed by atoms with E-state index in [0.717, 1.165) is 11.3 Å². The second kappa shape index (κ2) is 7.97. The van der Waals surface area contributed by atoms with Gasteiger partial charge >= 0.3 is 5.97 Å². The van der Waals surface area contributed by atoms with E-state index < -0.39 is 5.97 Å². The Morgan fingerprint density at radius 1 is 1.39 bits per heavy atom. The van der Waals surface area contributed by atoms with E-state index >= 15 is 0 Å². The smallest absolute Gasteiger partial charge is 0.305 e. The van der Waals surface area contributed by atoms with Crippen LogP contribution >= 0.6 is 0 Å². The van der Waals surface area contributed by atoms with E-state index in [-0.39, 0.29) is 30.9 Å². The molecule has 0 aliphatic carbocycles. The van der Waals surface area contributed by atoms with Crippen LogP contribution in [0.4, 0.5) is 0 Å². The van der Waals surface area contributed by atoms with E-state index in [1.807, 2.05) is 31.2 Å². The summed E-state index contributed by atoms with van der Waals surface area (Å²) in [6.45, 7) is 3.06. The van der Waals surface area contributed by atoms with Crippen molar-refractivity contribution in [1.29, 1.82) is 0 Å². The first kappa shape index (κ1) is 17.3. The molecule has 0 bridgehead atoms. The van der Waals surface area contributed by atoms with Gasteiger partial charge in [-0.3, -0.25) is 9.59 Å². The molecule has 6 heteroatoms. The summed E-state index contributed by atoms with van der Waals surface area (Å²) in [5.74, 6) is -0.364. The van der Waals surface area contributed by atoms with Gasteiger partial charge in [0.1, 0.15) is 5.75 Å². The third kappa shape index (κ3) is 4.69. The first-order valence-electron chi connectivity index (χ1n) is 7.74. The van der Waals surface area contributed by atoms with E-state index in [2.05, 4.69) is 0 Å². The third-order valence-corrected chi connectivity index (χ3v) is 4.04. The number of aliphatic carboxylic acids is 1. The molecule has 1 amide bonds. The average molecular weight is 321 g/mol. The maximum atomic E-state index is 12.7. The summed E-state index contributed by atoms with van der Waals surface area (Å²) in [5, 5.41) is 8.98. The van der Waals surface area contributed by atoms with Crippen LogP contribution in [-0.4, -0.2) is 54.8 Å². The zero-order chi connectivity index (χ0) is 16.8. The summed E-state index contributed by atoms with van der Waals surface area (Å²) in [4.78, 5) is 25.3. The van der Waals surface area contributed by atoms with Crippen molar-refractivity contribution in [2.75, 3.05) is 26.9 Å². The number of amides is 1. The summed E-state index contributed by atoms with van der Waals surface area (Å²) < 4.78 is 10.4. The van der Waals surface area contributed by atoms with Crippen LogP contribution in [0.2, 0.25) is 0 Å². The quantitative estimate of drug-likeness (QED) is 0.861. The number of carboxylic acids is 1. The van der Waals surface area contributed by atoms with Gasteiger partial charge in [0, 0.05) is 12.5 Å². The van der Waals surface area contributed by atoms with Gasteiger partial charge < -0.3 is 19.5 Å². The van der Waals surface area contributed by atoms with E-state index in [4.69, 9.17) is 14.6 Å². The molecule has 2 unspecified atom stereocenters. The number of morpholine rings is 1. The van der Waals surface area contributed by atoms with Crippen molar-refractivity contribution in [3.8, 4) is 5.75 Å². The molecule has 1 saturated heterocycles. The Balaban J connectivity index is 2.00. The van der Waals surface area contributed by atoms with Crippen molar-refractivity contribution in [3.05, 3.63) is 29.8 Å². The molecule has 2 atom stereocenters. The van der Waals surface area contributed by atoms with Crippen LogP contribution in [0.1, 0.15) is 18.9 Å². The lowest BCUT2D eigenvalue weighted by Gasteiger charge is -2.36. The van der Waals surface area contributed by atoms with E-state index in [1.54, 1.807) is 12.0 Å². The SMILES string of the molecule is COc1ccc(CC(C)C(=O)N2CCOCC2CC(=O)O)cc1. The second-order valence-electron chi connectivity index (χ2n) is 5.81. The van der Waals surface area contributed by atoms with Gasteiger partial charge in [0.25, 0.3) is 0 Å². The van der Waals surface area contributed by atoms with Crippen molar-refractivity contribution in [2.24, 2.45) is 5.92 Å². The molecular weight excluding hydrogens is 298 g/mol. The van der Waals surface area contributed by atoms with E-state index in [9.17, 15) is 9.59 Å². The predicted octanol–water partition coefficient (Wildman–Crippen LogP) is 1.58. The van der Waals surface area contributed by atoms with Crippen LogP contribution in [0.3, 0.4) is 0 Å². The van der Waals surface area contributed by atoms with Gasteiger partial charge in [-0.15, -0.1) is 0 Å². The zero-order valence-corrected chi connectivity index (χ0v) is 13.5. The summed E-state index contributed by atoms with van der Waals surface area (Å²) in [5.41, 5.74) is 1.05. The van der Waals surface area contributed by atoms with Crippen LogP contribution in [-0.2, 0) is 20.7 Å². The van der Waals surface area contributed by atoms with Crippen LogP contribution in [0.25, 0.3) is 0 Å². The molecule has 1 aromatic rings. The molecule has 0 saturated carbocycles. The van der Waals surface area contributed by atoms with Gasteiger partial charge in [-0.2, -0.15) is 0 Å². The van der Waals surface area contributed by atoms with Gasteiger partial charge in [-0.1, -0.05) is 19.1 Å². The number of ether oxygens (including phenoxy) is 2. The number of benzene rings is 1. The Bertz CT molecular complexity index is 542. The topological polar surface area (TPSA) is 76.1 Å². The normalized spacial score (nSPS) is 19.2. The predicted molar refractivity (Wildman–Crippen MR) is 84.4 cm³/mol. The third-order valence-electron chi connectivity index (χ3n) is 4.04. The molecule has 126 valence electrons. The van der Waals surface area contributed by atoms with E-state index in [0.29, 0.717) is 19.6 Å². The molecule has 1 fully saturated rings. The molecular formula is C17H23NO5. The minimum Gasteiger partial charge on any atom is -0.497 e. The maximum Gasteiger partial charge on any atom is 0.305 e. The lowest BCUT2D eigenvalue weighted by Crippen LogP contribution is -2.51. The van der Waals surface area contributed by atoms with Gasteiger partial charge in [0.05, 0.1) is 32.8 Å². The summed E-state index contributed by atoms with van der Waals surface area (Å²) in [7, 11) is 1.61. The maximum absolute atomic E-state index is 12.7. The number of methoxy groups -OCH3 is 1. The van der Waals surface area contributed by atoms with Crippen LogP contribution in [0.15, 0.2) is 24.3 Å². The molecule has 1 aromatic carbocycles. The van der Waals surface area contributed by atoms with Crippen LogP contribution < -0.4 is 4.74 Å². The van der Waals surface area contributed by atoms with Crippen LogP contribution in [0, 0.1) is 5.92 Å². The van der Waals surface area contributed by atoms with Crippen molar-refractivity contribution < 1.29 is 24.2 Å². The number of hydrogen-bond acceptors (Lipinski definition) is 4. The highest BCUT2D eigenvalue weighted by atomic mass is 16.5. The molecule has 1 aliphatic heterocycles. The molecule has 0 aromatic heterocycles. The molecule has 6 nitrogen and oxygen atoms in total. The molecule has 0 radical (unpaired) electrons. The number of carbonyl (C=O) groups excluding carboxylic acids is 1. The van der Waals surface area contributed by atoms with Gasteiger partial charge in [0.15, 0.2) is 0 Å². The van der Waals surface area contributed by atoms with Crippen LogP contribution in [0.5, 0.6) is 5.75 Å². The Morgan fingerprint density at radius 3 is 2.70 bits per heavy atom. The lowest BCUT2D eigenvalue weighted by molar-refractivity contribution is -0.148. The fourth-order valence-corrected chi connectivity index (χ4v) is 2.80. The number of carboxylic acid groups (broad SMARTS) is 1. The highest BCUT2D eigenvalue weighted by Gasteiger charge is 2.31. The standard InChI is InChI=1S/C17H23NO5/c1-12(9-13-3-5-15(22-2)6-4-13)17(21)18-7-8-23-11-14(18)10-16(19)20/h3-6,12,14H,7-11H2,1-2H3,(H,19,20). The number of carbonyl (C=O) groups is 2. The van der Waals surface area contributed by atoms with Crippen molar-refractivity contribution in [2.45, 2.75) is 25.8 Å². The molecule has 1 N–H and O–H groups in total. The van der Waals surface area contributed by atoms with Gasteiger partial charge in [-0.25, -0.2) is 0 Å². The Morgan fingerprint density at radius 2 is 2.09 bits per heavy atom. The Labute approximate surface area is 136 Å². The average Bonchev–Trinajstić information content (AvgIpc) is 2.55. The molecule has 0 spiro atoms. The lowest BCUT2D eigenvalue weighted by atomic mass is 9.98. The van der Waals surface area contributed by atoms with Crippen molar-refractivity contribution >= 4 is 11.9 Å². The van der Waals surface area contributed by atoms with Gasteiger partial charge in [0.2, 0.25) is 5.91 Å². The summed E-state index contributed by atoms with van der Waals surface area (Å²) >= 11 is 0. The fourth-order valence-electron chi connectivity index (χ4n) is 2.80. The largest absolute Gasteiger partial charge is 0.497 e. The number of rotatable bonds is 6. The number of nitrogens with zero attached hydrogens (tertiary/aromatic N) is 1. The second-order valence-corrected chi connectivity index (χ2v) is 5.81. The fraction of sp³-hybridized carbons (Fsp3) is 0.529. The Hall–Kier alpha value is -2.08. The first-order chi connectivity index (χ1) is 11.0. The highest BCUT2D eigenvalue weighted by molar-refractivity contribution is 5.80. The number of hydrogen-bond donors (Lipinski definition) is 1. The summed E-state index contributed by atoms with van der Waals surface area (Å²) in [6.07, 6.45) is 0.529. The molecule has 2 rings (SSSR count). The molecule has 23 heavy (non-hydrogen) atoms. The molecule has 1 heterocycles. The molecule has 1 aliphatic rings. The highest BCUT2D eigenvalue weighted by Crippen LogP contribution is 2.19. The monoisotopic (exact) mass is 321 g/mol. The minimum atomic E-state index is -0.916. The van der Waals surface area contributed by atoms with Gasteiger partial charge in [-0.05, 0) is 24.1 Å². The Kier molecular flexibility index (Phi) is 5.98. The van der Waals surface area contributed by atoms with Crippen molar-refractivity contribution in [1.82, 2.24) is 4.90 Å². The van der Waals surface area contributed by atoms with Crippen molar-refractivity contribution in [3.63, 3.8) is 0 Å².